The number of nitrogens with two attached hydrogens (primary N) is 3. The molecule has 1 unspecified atom stereocenters. The average molecular weight is 511 g/mol. The van der Waals surface area contributed by atoms with Crippen LogP contribution in [-0.4, -0.2) is 56.4 Å². The molecule has 9 N–H and O–H groups in total. The maximum Gasteiger partial charge on any atom is 0.408 e. The van der Waals surface area contributed by atoms with Crippen molar-refractivity contribution in [3.63, 3.8) is 0 Å². The van der Waals surface area contributed by atoms with Crippen molar-refractivity contribution < 1.29 is 14.3 Å². The molecule has 10 nitrogen and oxygen atoms in total. The molecular weight excluding hydrogens is 469 g/mol. The summed E-state index contributed by atoms with van der Waals surface area (Å²) in [4.78, 5) is 27.1. The molecule has 0 heterocycles. The van der Waals surface area contributed by atoms with Crippen molar-refractivity contribution in [3.05, 3.63) is 0 Å². The van der Waals surface area contributed by atoms with E-state index in [-0.39, 0.29) is 55.1 Å². The van der Waals surface area contributed by atoms with Crippen LogP contribution in [0.25, 0.3) is 0 Å². The SMILES string of the molecule is CC(=O)NC(CCCCCN=C(N)N)NC(=O)OCCCCNCC[C@@H](C)N.Cl.Cl.Cl. The lowest BCUT2D eigenvalue weighted by Gasteiger charge is -2.19. The number of guanidine groups is 1. The van der Waals surface area contributed by atoms with Crippen LogP contribution >= 0.6 is 37.2 Å². The first-order valence-electron chi connectivity index (χ1n) is 10.0. The van der Waals surface area contributed by atoms with Crippen LogP contribution in [-0.2, 0) is 9.53 Å². The van der Waals surface area contributed by atoms with Gasteiger partial charge in [0.05, 0.1) is 6.61 Å². The normalized spacial score (nSPS) is 11.5. The Morgan fingerprint density at radius 2 is 1.61 bits per heavy atom. The summed E-state index contributed by atoms with van der Waals surface area (Å²) in [5.41, 5.74) is 16.2. The zero-order chi connectivity index (χ0) is 21.2. The quantitative estimate of drug-likeness (QED) is 0.0788. The zero-order valence-corrected chi connectivity index (χ0v) is 21.0. The Morgan fingerprint density at radius 3 is 2.19 bits per heavy atom. The second-order valence-corrected chi connectivity index (χ2v) is 6.91. The highest BCUT2D eigenvalue weighted by Gasteiger charge is 2.13. The molecule has 0 rings (SSSR count). The van der Waals surface area contributed by atoms with Gasteiger partial charge in [-0.15, -0.1) is 37.2 Å². The van der Waals surface area contributed by atoms with Crippen LogP contribution in [0.1, 0.15) is 58.8 Å². The van der Waals surface area contributed by atoms with Crippen LogP contribution in [0.2, 0.25) is 0 Å². The Hall–Kier alpha value is -1.20. The van der Waals surface area contributed by atoms with Crippen LogP contribution in [0.4, 0.5) is 4.79 Å². The van der Waals surface area contributed by atoms with Crippen LogP contribution in [0.15, 0.2) is 4.99 Å². The number of rotatable bonds is 16. The Labute approximate surface area is 204 Å². The third kappa shape index (κ3) is 28.8. The molecule has 0 radical (unpaired) electrons. The van der Waals surface area contributed by atoms with Crippen LogP contribution in [0.5, 0.6) is 0 Å². The molecule has 0 aliphatic rings. The molecule has 0 aliphatic heterocycles. The van der Waals surface area contributed by atoms with Gasteiger partial charge in [0.2, 0.25) is 5.91 Å². The van der Waals surface area contributed by atoms with E-state index >= 15 is 0 Å². The van der Waals surface area contributed by atoms with Crippen molar-refractivity contribution in [1.82, 2.24) is 16.0 Å². The van der Waals surface area contributed by atoms with Crippen molar-refractivity contribution in [2.75, 3.05) is 26.2 Å². The molecule has 0 saturated heterocycles. The monoisotopic (exact) mass is 509 g/mol. The number of hydrogen-bond acceptors (Lipinski definition) is 6. The van der Waals surface area contributed by atoms with Crippen LogP contribution in [0.3, 0.4) is 0 Å². The number of carbonyl (C=O) groups is 2. The fourth-order valence-electron chi connectivity index (χ4n) is 2.43. The summed E-state index contributed by atoms with van der Waals surface area (Å²) in [7, 11) is 0. The van der Waals surface area contributed by atoms with E-state index in [9.17, 15) is 9.59 Å². The molecule has 0 aromatic heterocycles. The van der Waals surface area contributed by atoms with Gasteiger partial charge in [0.1, 0.15) is 6.17 Å². The van der Waals surface area contributed by atoms with Crippen molar-refractivity contribution in [2.45, 2.75) is 71.0 Å². The second kappa shape index (κ2) is 25.1. The fourth-order valence-corrected chi connectivity index (χ4v) is 2.43. The molecule has 0 bridgehead atoms. The molecule has 13 heteroatoms. The number of carbonyl (C=O) groups excluding carboxylic acids is 2. The predicted octanol–water partition coefficient (Wildman–Crippen LogP) is 1.38. The molecule has 2 amide bonds. The molecule has 31 heavy (non-hydrogen) atoms. The third-order valence-electron chi connectivity index (χ3n) is 3.87. The summed E-state index contributed by atoms with van der Waals surface area (Å²) in [6, 6.07) is 0.203. The number of nitrogens with one attached hydrogen (secondary N) is 3. The molecule has 0 fully saturated rings. The van der Waals surface area contributed by atoms with Gasteiger partial charge in [-0.2, -0.15) is 0 Å². The van der Waals surface area contributed by atoms with E-state index in [0.29, 0.717) is 19.6 Å². The van der Waals surface area contributed by atoms with Gasteiger partial charge >= 0.3 is 6.09 Å². The highest BCUT2D eigenvalue weighted by molar-refractivity contribution is 5.86. The van der Waals surface area contributed by atoms with Gasteiger partial charge in [0, 0.05) is 19.5 Å². The molecule has 0 saturated carbocycles. The van der Waals surface area contributed by atoms with E-state index in [2.05, 4.69) is 20.9 Å². The minimum absolute atomic E-state index is 0. The molecule has 0 aromatic rings. The van der Waals surface area contributed by atoms with E-state index in [1.165, 1.54) is 6.92 Å². The van der Waals surface area contributed by atoms with Crippen molar-refractivity contribution in [3.8, 4) is 0 Å². The van der Waals surface area contributed by atoms with Gasteiger partial charge in [0.25, 0.3) is 0 Å². The molecule has 188 valence electrons. The lowest BCUT2D eigenvalue weighted by Crippen LogP contribution is -2.47. The number of unbranched alkanes of at least 4 members (excludes halogenated alkanes) is 3. The van der Waals surface area contributed by atoms with Crippen molar-refractivity contribution >= 4 is 55.2 Å². The maximum absolute atomic E-state index is 11.9. The van der Waals surface area contributed by atoms with Crippen molar-refractivity contribution in [2.24, 2.45) is 22.2 Å². The first-order chi connectivity index (χ1) is 13.3. The number of aliphatic imine (C=N–C) groups is 1. The lowest BCUT2D eigenvalue weighted by molar-refractivity contribution is -0.119. The standard InChI is InChI=1S/C18H39N7O3.3ClH/c1-14(19)9-12-22-10-6-7-13-28-18(27)25-16(24-15(2)26)8-4-3-5-11-23-17(20)21;;;/h14,16,22H,3-13,19H2,1-2H3,(H,24,26)(H,25,27)(H4,20,21,23);3*1H/t14-,16?;;;/m1.../s1. The number of alkyl carbamates (subject to hydrolysis) is 1. The molecular formula is C18H42Cl3N7O3. The van der Waals surface area contributed by atoms with Crippen LogP contribution < -0.4 is 33.2 Å². The molecule has 0 aromatic carbocycles. The van der Waals surface area contributed by atoms with E-state index in [1.807, 2.05) is 6.92 Å². The van der Waals surface area contributed by atoms with Gasteiger partial charge < -0.3 is 37.9 Å². The summed E-state index contributed by atoms with van der Waals surface area (Å²) in [5, 5.41) is 8.70. The Balaban J connectivity index is -0.00000121. The zero-order valence-electron chi connectivity index (χ0n) is 18.6. The Kier molecular flexibility index (Phi) is 30.0. The van der Waals surface area contributed by atoms with E-state index < -0.39 is 12.3 Å². The van der Waals surface area contributed by atoms with Gasteiger partial charge in [-0.1, -0.05) is 6.42 Å². The molecule has 0 aliphatic carbocycles. The number of nitrogens with zero attached hydrogens (tertiary/aromatic N) is 1. The van der Waals surface area contributed by atoms with Gasteiger partial charge in [-0.25, -0.2) is 4.79 Å². The molecule has 0 spiro atoms. The molecule has 2 atom stereocenters. The minimum atomic E-state index is -0.524. The summed E-state index contributed by atoms with van der Waals surface area (Å²) < 4.78 is 5.18. The van der Waals surface area contributed by atoms with E-state index in [1.54, 1.807) is 0 Å². The summed E-state index contributed by atoms with van der Waals surface area (Å²) in [5.74, 6) is -0.120. The first kappa shape index (κ1) is 37.1. The van der Waals surface area contributed by atoms with E-state index in [0.717, 1.165) is 51.6 Å². The van der Waals surface area contributed by atoms with Gasteiger partial charge in [-0.05, 0) is 58.5 Å². The minimum Gasteiger partial charge on any atom is -0.450 e. The maximum atomic E-state index is 11.9. The Morgan fingerprint density at radius 1 is 0.935 bits per heavy atom. The highest BCUT2D eigenvalue weighted by atomic mass is 35.5. The largest absolute Gasteiger partial charge is 0.450 e. The van der Waals surface area contributed by atoms with Crippen LogP contribution in [0, 0.1) is 0 Å². The van der Waals surface area contributed by atoms with E-state index in [4.69, 9.17) is 21.9 Å². The van der Waals surface area contributed by atoms with Crippen molar-refractivity contribution in [1.29, 1.82) is 0 Å². The second-order valence-electron chi connectivity index (χ2n) is 6.91. The average Bonchev–Trinajstić information content (AvgIpc) is 2.59. The predicted molar refractivity (Wildman–Crippen MR) is 133 cm³/mol. The number of hydrogen-bond donors (Lipinski definition) is 6. The number of halogens is 3. The fraction of sp³-hybridized carbons (Fsp3) is 0.833. The lowest BCUT2D eigenvalue weighted by atomic mass is 10.1. The summed E-state index contributed by atoms with van der Waals surface area (Å²) in [6.07, 6.45) is 4.81. The van der Waals surface area contributed by atoms with Gasteiger partial charge in [-0.3, -0.25) is 9.79 Å². The topological polar surface area (TPSA) is 170 Å². The summed E-state index contributed by atoms with van der Waals surface area (Å²) >= 11 is 0. The Bertz CT molecular complexity index is 469. The third-order valence-corrected chi connectivity index (χ3v) is 3.87. The number of ether oxygens (including phenoxy) is 1. The summed E-state index contributed by atoms with van der Waals surface area (Å²) in [6.45, 7) is 6.07. The highest BCUT2D eigenvalue weighted by Crippen LogP contribution is 2.03. The smallest absolute Gasteiger partial charge is 0.408 e. The van der Waals surface area contributed by atoms with Gasteiger partial charge in [0.15, 0.2) is 5.96 Å². The number of amides is 2. The first-order valence-corrected chi connectivity index (χ1v) is 10.0.